The van der Waals surface area contributed by atoms with Crippen LogP contribution in [0.3, 0.4) is 0 Å². The highest BCUT2D eigenvalue weighted by Crippen LogP contribution is 2.76. The Labute approximate surface area is 228 Å². The fourth-order valence-corrected chi connectivity index (χ4v) is 11.5. The summed E-state index contributed by atoms with van der Waals surface area (Å²) in [6.07, 6.45) is 8.32. The molecule has 0 aromatic heterocycles. The van der Waals surface area contributed by atoms with Crippen molar-refractivity contribution in [2.24, 2.45) is 50.7 Å². The summed E-state index contributed by atoms with van der Waals surface area (Å²) < 4.78 is 5.87. The number of allylic oxidation sites excluding steroid dienone is 2. The van der Waals surface area contributed by atoms with E-state index < -0.39 is 5.41 Å². The molecule has 5 aliphatic carbocycles. The van der Waals surface area contributed by atoms with Crippen LogP contribution in [0.25, 0.3) is 0 Å². The molecular weight excluding hydrogens is 484 g/mol. The Hall–Kier alpha value is -1.16. The molecule has 0 aromatic rings. The molecule has 0 spiro atoms. The van der Waals surface area contributed by atoms with Crippen molar-refractivity contribution in [3.63, 3.8) is 0 Å². The highest BCUT2D eigenvalue weighted by atomic mass is 35.5. The van der Waals surface area contributed by atoms with Gasteiger partial charge in [-0.25, -0.2) is 0 Å². The smallest absolute Gasteiger partial charge is 0.302 e. The summed E-state index contributed by atoms with van der Waals surface area (Å²) >= 11 is 6.37. The van der Waals surface area contributed by atoms with Gasteiger partial charge in [0.1, 0.15) is 6.10 Å². The zero-order valence-corrected chi connectivity index (χ0v) is 25.0. The molecule has 8 atom stereocenters. The minimum atomic E-state index is -0.781. The second kappa shape index (κ2) is 8.42. The van der Waals surface area contributed by atoms with Crippen molar-refractivity contribution in [2.45, 2.75) is 119 Å². The summed E-state index contributed by atoms with van der Waals surface area (Å²) in [7, 11) is 0. The van der Waals surface area contributed by atoms with Gasteiger partial charge in [-0.2, -0.15) is 0 Å². The fraction of sp³-hybridized carbons (Fsp3) is 0.844. The number of esters is 1. The van der Waals surface area contributed by atoms with Gasteiger partial charge < -0.3 is 4.74 Å². The van der Waals surface area contributed by atoms with Crippen molar-refractivity contribution < 1.29 is 19.1 Å². The molecule has 0 aromatic carbocycles. The van der Waals surface area contributed by atoms with Gasteiger partial charge in [0.2, 0.25) is 5.24 Å². The van der Waals surface area contributed by atoms with E-state index in [-0.39, 0.29) is 63.0 Å². The SMILES string of the molecule is CC(=O)O[C@H]1CC[C@@]2(C)[C@@H](CCC3(C)[C@@H]2CC[C@@H]2C4=C(C(C)C)C(=O)CC4(C(=O)Cl)CC[C@]23C)C1(C)C. The van der Waals surface area contributed by atoms with Crippen molar-refractivity contribution in [1.29, 1.82) is 0 Å². The normalized spacial score (nSPS) is 46.6. The molecule has 0 bridgehead atoms. The highest BCUT2D eigenvalue weighted by molar-refractivity contribution is 6.65. The number of ketones is 1. The molecule has 37 heavy (non-hydrogen) atoms. The highest BCUT2D eigenvalue weighted by Gasteiger charge is 2.70. The molecule has 4 nitrogen and oxygen atoms in total. The number of rotatable bonds is 3. The molecule has 0 radical (unpaired) electrons. The fourth-order valence-electron chi connectivity index (χ4n) is 11.2. The largest absolute Gasteiger partial charge is 0.462 e. The molecule has 0 amide bonds. The Bertz CT molecular complexity index is 1070. The molecule has 5 heteroatoms. The van der Waals surface area contributed by atoms with E-state index in [1.807, 2.05) is 0 Å². The van der Waals surface area contributed by atoms with Crippen molar-refractivity contribution in [3.8, 4) is 0 Å². The van der Waals surface area contributed by atoms with Crippen LogP contribution in [0.15, 0.2) is 11.1 Å². The van der Waals surface area contributed by atoms with E-state index in [2.05, 4.69) is 48.5 Å². The van der Waals surface area contributed by atoms with E-state index in [0.29, 0.717) is 18.3 Å². The van der Waals surface area contributed by atoms with Crippen LogP contribution in [0.5, 0.6) is 0 Å². The lowest BCUT2D eigenvalue weighted by atomic mass is 9.33. The van der Waals surface area contributed by atoms with Crippen molar-refractivity contribution in [3.05, 3.63) is 11.1 Å². The number of carbonyl (C=O) groups excluding carboxylic acids is 3. The van der Waals surface area contributed by atoms with Crippen molar-refractivity contribution in [2.75, 3.05) is 0 Å². The monoisotopic (exact) mass is 530 g/mol. The third-order valence-electron chi connectivity index (χ3n) is 13.1. The zero-order valence-electron chi connectivity index (χ0n) is 24.3. The number of carbonyl (C=O) groups is 3. The molecule has 0 heterocycles. The summed E-state index contributed by atoms with van der Waals surface area (Å²) in [5.41, 5.74) is 1.53. The van der Waals surface area contributed by atoms with E-state index in [1.165, 1.54) is 6.92 Å². The van der Waals surface area contributed by atoms with E-state index in [0.717, 1.165) is 56.1 Å². The number of halogens is 1. The Morgan fingerprint density at radius 2 is 1.57 bits per heavy atom. The van der Waals surface area contributed by atoms with Gasteiger partial charge in [0.05, 0.1) is 5.41 Å². The van der Waals surface area contributed by atoms with Gasteiger partial charge in [0.25, 0.3) is 0 Å². The minimum Gasteiger partial charge on any atom is -0.462 e. The lowest BCUT2D eigenvalue weighted by Crippen LogP contribution is -2.66. The summed E-state index contributed by atoms with van der Waals surface area (Å²) in [4.78, 5) is 38.3. The maximum atomic E-state index is 13.3. The second-order valence-electron chi connectivity index (χ2n) is 15.0. The van der Waals surface area contributed by atoms with Crippen molar-refractivity contribution in [1.82, 2.24) is 0 Å². The maximum absolute atomic E-state index is 13.3. The predicted octanol–water partition coefficient (Wildman–Crippen LogP) is 7.66. The number of hydrogen-bond acceptors (Lipinski definition) is 4. The van der Waals surface area contributed by atoms with Crippen molar-refractivity contribution >= 4 is 28.6 Å². The van der Waals surface area contributed by atoms with E-state index in [1.54, 1.807) is 0 Å². The third-order valence-corrected chi connectivity index (χ3v) is 13.4. The lowest BCUT2D eigenvalue weighted by Gasteiger charge is -2.72. The molecule has 4 fully saturated rings. The van der Waals surface area contributed by atoms with Gasteiger partial charge in [0.15, 0.2) is 5.78 Å². The molecule has 0 aliphatic heterocycles. The Kier molecular flexibility index (Phi) is 6.24. The van der Waals surface area contributed by atoms with Crippen LogP contribution >= 0.6 is 11.6 Å². The van der Waals surface area contributed by atoms with Crippen LogP contribution in [0.2, 0.25) is 0 Å². The molecule has 4 saturated carbocycles. The average Bonchev–Trinajstić information content (AvgIpc) is 3.09. The second-order valence-corrected chi connectivity index (χ2v) is 15.4. The van der Waals surface area contributed by atoms with Gasteiger partial charge in [-0.3, -0.25) is 14.4 Å². The number of ether oxygens (including phenoxy) is 1. The number of Topliss-reactive ketones (excluding diaryl/α,β-unsaturated/α-hetero) is 1. The van der Waals surface area contributed by atoms with E-state index in [9.17, 15) is 14.4 Å². The van der Waals surface area contributed by atoms with Gasteiger partial charge in [-0.05, 0) is 114 Å². The number of hydrogen-bond donors (Lipinski definition) is 0. The van der Waals surface area contributed by atoms with Gasteiger partial charge in [0, 0.05) is 18.8 Å². The molecule has 2 unspecified atom stereocenters. The molecule has 0 N–H and O–H groups in total. The van der Waals surface area contributed by atoms with Crippen LogP contribution in [0, 0.1) is 50.7 Å². The van der Waals surface area contributed by atoms with Crippen LogP contribution in [0.4, 0.5) is 0 Å². The number of fused-ring (bicyclic) bond motifs is 7. The maximum Gasteiger partial charge on any atom is 0.302 e. The molecular formula is C32H47ClO4. The first-order valence-electron chi connectivity index (χ1n) is 14.7. The summed E-state index contributed by atoms with van der Waals surface area (Å²) in [5.74, 6) is 1.39. The first-order valence-corrected chi connectivity index (χ1v) is 15.1. The standard InChI is InChI=1S/C32H47ClO4/c1-18(2)25-21(35)17-32(27(33)36)16-15-30(7)20(26(25)32)9-10-23-29(6)13-12-24(37-19(3)34)28(4,5)22(29)11-14-31(23,30)8/h18,20,22-24H,9-17H2,1-8H3/t20-,22+,23-,24+,29+,30-,31?,32?/m1/s1. The van der Waals surface area contributed by atoms with Crippen LogP contribution in [0.1, 0.15) is 113 Å². The van der Waals surface area contributed by atoms with E-state index >= 15 is 0 Å². The predicted molar refractivity (Wildman–Crippen MR) is 146 cm³/mol. The quantitative estimate of drug-likeness (QED) is 0.277. The first kappa shape index (κ1) is 27.4. The summed E-state index contributed by atoms with van der Waals surface area (Å²) in [6.45, 7) is 17.9. The van der Waals surface area contributed by atoms with Crippen LogP contribution < -0.4 is 0 Å². The first-order chi connectivity index (χ1) is 17.1. The molecule has 5 aliphatic rings. The van der Waals surface area contributed by atoms with Gasteiger partial charge in [-0.15, -0.1) is 0 Å². The molecule has 206 valence electrons. The Morgan fingerprint density at radius 3 is 2.16 bits per heavy atom. The minimum absolute atomic E-state index is 0.0207. The van der Waals surface area contributed by atoms with E-state index in [4.69, 9.17) is 16.3 Å². The topological polar surface area (TPSA) is 60.4 Å². The molecule has 0 saturated heterocycles. The average molecular weight is 531 g/mol. The molecule has 5 rings (SSSR count). The van der Waals surface area contributed by atoms with Gasteiger partial charge >= 0.3 is 5.97 Å². The Morgan fingerprint density at radius 1 is 0.892 bits per heavy atom. The zero-order chi connectivity index (χ0) is 27.3. The van der Waals surface area contributed by atoms with Crippen LogP contribution in [-0.2, 0) is 19.1 Å². The summed E-state index contributed by atoms with van der Waals surface area (Å²) in [6, 6.07) is 0. The van der Waals surface area contributed by atoms with Crippen LogP contribution in [-0.4, -0.2) is 23.1 Å². The van der Waals surface area contributed by atoms with Gasteiger partial charge in [-0.1, -0.05) is 48.5 Å². The third kappa shape index (κ3) is 3.42. The lowest BCUT2D eigenvalue weighted by molar-refractivity contribution is -0.232. The Balaban J connectivity index is 1.57. The summed E-state index contributed by atoms with van der Waals surface area (Å²) in [5, 5.41) is -0.318.